The molecule has 74 valence electrons. The van der Waals surface area contributed by atoms with Gasteiger partial charge in [0.2, 0.25) is 5.91 Å². The van der Waals surface area contributed by atoms with E-state index in [2.05, 4.69) is 12.2 Å². The van der Waals surface area contributed by atoms with E-state index in [0.29, 0.717) is 19.2 Å². The van der Waals surface area contributed by atoms with Crippen molar-refractivity contribution < 1.29 is 9.53 Å². The molecule has 4 heteroatoms. The minimum atomic E-state index is 0.224. The smallest absolute Gasteiger partial charge is 0.238 e. The number of amides is 1. The molecule has 2 heterocycles. The molecular formula is C9H16N2O2. The number of nitrogens with one attached hydrogen (secondary N) is 1. The Morgan fingerprint density at radius 1 is 1.69 bits per heavy atom. The van der Waals surface area contributed by atoms with E-state index in [1.54, 1.807) is 0 Å². The second-order valence-corrected chi connectivity index (χ2v) is 3.62. The molecule has 2 unspecified atom stereocenters. The first-order chi connectivity index (χ1) is 6.33. The van der Waals surface area contributed by atoms with Crippen molar-refractivity contribution >= 4 is 5.91 Å². The predicted molar refractivity (Wildman–Crippen MR) is 48.2 cm³/mol. The van der Waals surface area contributed by atoms with Gasteiger partial charge in [-0.2, -0.15) is 0 Å². The second-order valence-electron chi connectivity index (χ2n) is 3.62. The zero-order valence-corrected chi connectivity index (χ0v) is 7.95. The Morgan fingerprint density at radius 2 is 2.54 bits per heavy atom. The Kier molecular flexibility index (Phi) is 2.51. The molecule has 0 radical (unpaired) electrons. The molecule has 0 saturated carbocycles. The van der Waals surface area contributed by atoms with Crippen molar-refractivity contribution in [1.29, 1.82) is 0 Å². The van der Waals surface area contributed by atoms with E-state index in [4.69, 9.17) is 4.74 Å². The Hall–Kier alpha value is -0.610. The lowest BCUT2D eigenvalue weighted by molar-refractivity contribution is -0.130. The molecule has 0 aromatic rings. The molecule has 13 heavy (non-hydrogen) atoms. The van der Waals surface area contributed by atoms with Crippen molar-refractivity contribution in [3.63, 3.8) is 0 Å². The highest BCUT2D eigenvalue weighted by Gasteiger charge is 2.36. The van der Waals surface area contributed by atoms with Crippen molar-refractivity contribution in [1.82, 2.24) is 10.2 Å². The van der Waals surface area contributed by atoms with Crippen molar-refractivity contribution in [2.75, 3.05) is 19.8 Å². The van der Waals surface area contributed by atoms with Crippen LogP contribution in [0, 0.1) is 0 Å². The largest absolute Gasteiger partial charge is 0.379 e. The van der Waals surface area contributed by atoms with Gasteiger partial charge in [-0.25, -0.2) is 0 Å². The van der Waals surface area contributed by atoms with Gasteiger partial charge < -0.3 is 9.64 Å². The van der Waals surface area contributed by atoms with Gasteiger partial charge in [0.1, 0.15) is 0 Å². The topological polar surface area (TPSA) is 41.6 Å². The van der Waals surface area contributed by atoms with E-state index in [1.807, 2.05) is 4.90 Å². The summed E-state index contributed by atoms with van der Waals surface area (Å²) in [6.07, 6.45) is 2.20. The number of ether oxygens (including phenoxy) is 1. The average Bonchev–Trinajstić information content (AvgIpc) is 2.72. The fraction of sp³-hybridized carbons (Fsp3) is 0.889. The van der Waals surface area contributed by atoms with E-state index in [1.165, 1.54) is 0 Å². The molecule has 0 bridgehead atoms. The van der Waals surface area contributed by atoms with Crippen molar-refractivity contribution in [2.45, 2.75) is 32.0 Å². The van der Waals surface area contributed by atoms with E-state index in [0.717, 1.165) is 19.4 Å². The van der Waals surface area contributed by atoms with E-state index in [-0.39, 0.29) is 12.1 Å². The Labute approximate surface area is 78.2 Å². The molecule has 2 rings (SSSR count). The van der Waals surface area contributed by atoms with Gasteiger partial charge in [-0.05, 0) is 12.8 Å². The van der Waals surface area contributed by atoms with Crippen molar-refractivity contribution in [2.24, 2.45) is 0 Å². The van der Waals surface area contributed by atoms with Gasteiger partial charge in [0.25, 0.3) is 0 Å². The Morgan fingerprint density at radius 3 is 3.15 bits per heavy atom. The molecule has 2 atom stereocenters. The van der Waals surface area contributed by atoms with Gasteiger partial charge in [0.05, 0.1) is 25.4 Å². The lowest BCUT2D eigenvalue weighted by Gasteiger charge is -2.28. The van der Waals surface area contributed by atoms with Crippen LogP contribution in [0.3, 0.4) is 0 Å². The van der Waals surface area contributed by atoms with Crippen LogP contribution >= 0.6 is 0 Å². The third kappa shape index (κ3) is 1.56. The van der Waals surface area contributed by atoms with Crippen molar-refractivity contribution in [3.05, 3.63) is 0 Å². The number of hydrogen-bond acceptors (Lipinski definition) is 3. The number of carbonyl (C=O) groups is 1. The summed E-state index contributed by atoms with van der Waals surface area (Å²) >= 11 is 0. The quantitative estimate of drug-likeness (QED) is 0.654. The minimum Gasteiger partial charge on any atom is -0.379 e. The van der Waals surface area contributed by atoms with Crippen LogP contribution in [0.15, 0.2) is 0 Å². The summed E-state index contributed by atoms with van der Waals surface area (Å²) in [5.74, 6) is 0.224. The molecule has 0 spiro atoms. The summed E-state index contributed by atoms with van der Waals surface area (Å²) < 4.78 is 5.29. The maximum atomic E-state index is 11.5. The third-order valence-corrected chi connectivity index (χ3v) is 2.80. The highest BCUT2D eigenvalue weighted by atomic mass is 16.5. The maximum absolute atomic E-state index is 11.5. The minimum absolute atomic E-state index is 0.224. The van der Waals surface area contributed by atoms with Crippen molar-refractivity contribution in [3.8, 4) is 0 Å². The normalized spacial score (nSPS) is 34.5. The molecule has 1 amide bonds. The van der Waals surface area contributed by atoms with E-state index >= 15 is 0 Å². The summed E-state index contributed by atoms with van der Waals surface area (Å²) in [4.78, 5) is 13.5. The van der Waals surface area contributed by atoms with Gasteiger partial charge >= 0.3 is 0 Å². The predicted octanol–water partition coefficient (Wildman–Crippen LogP) is -0.0568. The van der Waals surface area contributed by atoms with E-state index in [9.17, 15) is 4.79 Å². The summed E-state index contributed by atoms with van der Waals surface area (Å²) in [7, 11) is 0. The number of carbonyl (C=O) groups excluding carboxylic acids is 1. The lowest BCUT2D eigenvalue weighted by Crippen LogP contribution is -2.44. The van der Waals surface area contributed by atoms with Crippen LogP contribution in [-0.2, 0) is 9.53 Å². The van der Waals surface area contributed by atoms with Crippen LogP contribution in [0.1, 0.15) is 19.8 Å². The first-order valence-electron chi connectivity index (χ1n) is 4.95. The van der Waals surface area contributed by atoms with Gasteiger partial charge in [0, 0.05) is 6.61 Å². The van der Waals surface area contributed by atoms with Crippen LogP contribution < -0.4 is 5.32 Å². The number of hydrogen-bond donors (Lipinski definition) is 1. The van der Waals surface area contributed by atoms with Crippen LogP contribution in [0.4, 0.5) is 0 Å². The Bertz CT molecular complexity index is 202. The lowest BCUT2D eigenvalue weighted by atomic mass is 10.2. The Balaban J connectivity index is 2.04. The standard InChI is InChI=1S/C9H16N2O2/c1-2-8-10-5-9(12)11(8)7-3-4-13-6-7/h7-8,10H,2-6H2,1H3. The molecule has 0 aromatic carbocycles. The van der Waals surface area contributed by atoms with Crippen LogP contribution in [0.2, 0.25) is 0 Å². The fourth-order valence-corrected chi connectivity index (χ4v) is 2.11. The summed E-state index contributed by atoms with van der Waals surface area (Å²) in [6.45, 7) is 4.10. The average molecular weight is 184 g/mol. The zero-order chi connectivity index (χ0) is 9.26. The summed E-state index contributed by atoms with van der Waals surface area (Å²) in [5, 5.41) is 3.20. The molecule has 0 aromatic heterocycles. The van der Waals surface area contributed by atoms with Gasteiger partial charge in [-0.1, -0.05) is 6.92 Å². The van der Waals surface area contributed by atoms with Crippen LogP contribution in [0.25, 0.3) is 0 Å². The molecule has 2 saturated heterocycles. The number of rotatable bonds is 2. The van der Waals surface area contributed by atoms with Gasteiger partial charge in [0.15, 0.2) is 0 Å². The molecule has 2 fully saturated rings. The fourth-order valence-electron chi connectivity index (χ4n) is 2.11. The SMILES string of the molecule is CCC1NCC(=O)N1C1CCOC1. The monoisotopic (exact) mass is 184 g/mol. The summed E-state index contributed by atoms with van der Waals surface area (Å²) in [5.41, 5.74) is 0. The first-order valence-corrected chi connectivity index (χ1v) is 4.95. The van der Waals surface area contributed by atoms with Crippen LogP contribution in [0.5, 0.6) is 0 Å². The zero-order valence-electron chi connectivity index (χ0n) is 7.95. The first kappa shape index (κ1) is 8.97. The molecule has 2 aliphatic rings. The molecule has 4 nitrogen and oxygen atoms in total. The highest BCUT2D eigenvalue weighted by Crippen LogP contribution is 2.19. The second kappa shape index (κ2) is 3.64. The third-order valence-electron chi connectivity index (χ3n) is 2.80. The molecular weight excluding hydrogens is 168 g/mol. The van der Waals surface area contributed by atoms with Crippen LogP contribution in [-0.4, -0.2) is 42.8 Å². The molecule has 0 aliphatic carbocycles. The maximum Gasteiger partial charge on any atom is 0.238 e. The van der Waals surface area contributed by atoms with E-state index < -0.39 is 0 Å². The van der Waals surface area contributed by atoms with Gasteiger partial charge in [-0.15, -0.1) is 0 Å². The molecule has 2 aliphatic heterocycles. The highest BCUT2D eigenvalue weighted by molar-refractivity contribution is 5.81. The molecule has 1 N–H and O–H groups in total. The summed E-state index contributed by atoms with van der Waals surface area (Å²) in [6, 6.07) is 0.312. The van der Waals surface area contributed by atoms with Gasteiger partial charge in [-0.3, -0.25) is 10.1 Å². The number of nitrogens with zero attached hydrogens (tertiary/aromatic N) is 1.